The fourth-order valence-corrected chi connectivity index (χ4v) is 5.43. The van der Waals surface area contributed by atoms with Crippen LogP contribution < -0.4 is 10.3 Å². The van der Waals surface area contributed by atoms with Gasteiger partial charge in [-0.05, 0) is 62.4 Å². The quantitative estimate of drug-likeness (QED) is 0.472. The molecule has 5 heterocycles. The number of ether oxygens (including phenoxy) is 2. The third-order valence-electron chi connectivity index (χ3n) is 7.29. The Bertz CT molecular complexity index is 1470. The van der Waals surface area contributed by atoms with Gasteiger partial charge in [0, 0.05) is 43.1 Å². The number of hydrogen-bond acceptors (Lipinski definition) is 6. The molecule has 186 valence electrons. The largest absolute Gasteiger partial charge is 0.488 e. The van der Waals surface area contributed by atoms with Crippen molar-refractivity contribution in [3.8, 4) is 5.75 Å². The van der Waals surface area contributed by atoms with Gasteiger partial charge in [0.05, 0.1) is 35.2 Å². The molecule has 6 rings (SSSR count). The van der Waals surface area contributed by atoms with Crippen molar-refractivity contribution in [1.82, 2.24) is 24.6 Å². The van der Waals surface area contributed by atoms with Crippen LogP contribution >= 0.6 is 0 Å². The molecule has 0 saturated carbocycles. The zero-order chi connectivity index (χ0) is 24.6. The Morgan fingerprint density at radius 2 is 1.94 bits per heavy atom. The predicted molar refractivity (Wildman–Crippen MR) is 135 cm³/mol. The molecule has 1 unspecified atom stereocenters. The highest BCUT2D eigenvalue weighted by atomic mass is 16.5. The van der Waals surface area contributed by atoms with Crippen LogP contribution in [0.5, 0.6) is 5.75 Å². The Balaban J connectivity index is 1.36. The zero-order valence-corrected chi connectivity index (χ0v) is 20.3. The van der Waals surface area contributed by atoms with E-state index in [4.69, 9.17) is 9.47 Å². The first-order valence-electron chi connectivity index (χ1n) is 12.6. The minimum atomic E-state index is -0.165. The highest BCUT2D eigenvalue weighted by Gasteiger charge is 2.28. The highest BCUT2D eigenvalue weighted by Crippen LogP contribution is 2.30. The van der Waals surface area contributed by atoms with Gasteiger partial charge in [-0.3, -0.25) is 19.3 Å². The predicted octanol–water partition coefficient (Wildman–Crippen LogP) is 3.62. The molecule has 0 aliphatic carbocycles. The number of nitrogens with one attached hydrogen (secondary N) is 1. The third kappa shape index (κ3) is 4.13. The fraction of sp³-hybridized carbons (Fsp3) is 0.407. The maximum absolute atomic E-state index is 13.7. The molecular formula is C27H29N5O4. The van der Waals surface area contributed by atoms with Crippen molar-refractivity contribution in [3.05, 3.63) is 64.3 Å². The average molecular weight is 488 g/mol. The summed E-state index contributed by atoms with van der Waals surface area (Å²) in [6, 6.07) is 7.66. The van der Waals surface area contributed by atoms with Gasteiger partial charge in [-0.1, -0.05) is 0 Å². The molecule has 9 heteroatoms. The van der Waals surface area contributed by atoms with Crippen molar-refractivity contribution >= 4 is 27.7 Å². The summed E-state index contributed by atoms with van der Waals surface area (Å²) in [5.41, 5.74) is 2.80. The van der Waals surface area contributed by atoms with Gasteiger partial charge >= 0.3 is 0 Å². The van der Waals surface area contributed by atoms with Crippen LogP contribution in [0.1, 0.15) is 47.6 Å². The summed E-state index contributed by atoms with van der Waals surface area (Å²) in [5, 5.41) is 5.97. The van der Waals surface area contributed by atoms with E-state index in [0.29, 0.717) is 42.8 Å². The number of carbonyl (C=O) groups excluding carboxylic acids is 1. The van der Waals surface area contributed by atoms with Crippen LogP contribution in [0.3, 0.4) is 0 Å². The van der Waals surface area contributed by atoms with Crippen molar-refractivity contribution in [2.24, 2.45) is 0 Å². The van der Waals surface area contributed by atoms with E-state index in [2.05, 4.69) is 15.1 Å². The van der Waals surface area contributed by atoms with E-state index in [1.165, 1.54) is 0 Å². The molecule has 1 N–H and O–H groups in total. The lowest BCUT2D eigenvalue weighted by atomic mass is 10.0. The van der Waals surface area contributed by atoms with Crippen LogP contribution in [-0.2, 0) is 4.74 Å². The second kappa shape index (κ2) is 9.39. The van der Waals surface area contributed by atoms with Crippen molar-refractivity contribution in [3.63, 3.8) is 0 Å². The Morgan fingerprint density at radius 1 is 1.14 bits per heavy atom. The van der Waals surface area contributed by atoms with E-state index >= 15 is 0 Å². The molecule has 9 nitrogen and oxygen atoms in total. The number of piperidine rings is 1. The van der Waals surface area contributed by atoms with Gasteiger partial charge in [0.1, 0.15) is 11.9 Å². The van der Waals surface area contributed by atoms with Gasteiger partial charge in [0.15, 0.2) is 0 Å². The molecule has 2 aliphatic heterocycles. The third-order valence-corrected chi connectivity index (χ3v) is 7.29. The number of aromatic amines is 1. The Hall–Kier alpha value is -3.72. The molecule has 1 atom stereocenters. The summed E-state index contributed by atoms with van der Waals surface area (Å²) in [7, 11) is 0. The Kier molecular flexibility index (Phi) is 5.92. The smallest absolute Gasteiger partial charge is 0.259 e. The SMILES string of the molecule is Cc1cc2[nH]c(=O)c3cnn(C4CCOCC4)c3c2cc1C(=O)N1CCCC(Oc2ccncc2)C1. The van der Waals surface area contributed by atoms with E-state index in [0.717, 1.165) is 47.9 Å². The number of pyridine rings is 2. The lowest BCUT2D eigenvalue weighted by Gasteiger charge is -2.33. The topological polar surface area (TPSA) is 102 Å². The van der Waals surface area contributed by atoms with Crippen LogP contribution in [-0.4, -0.2) is 63.0 Å². The first-order chi connectivity index (χ1) is 17.6. The fourth-order valence-electron chi connectivity index (χ4n) is 5.43. The van der Waals surface area contributed by atoms with Gasteiger partial charge in [0.2, 0.25) is 0 Å². The number of benzene rings is 1. The number of rotatable bonds is 4. The van der Waals surface area contributed by atoms with Crippen LogP contribution in [0.15, 0.2) is 47.7 Å². The molecule has 2 fully saturated rings. The highest BCUT2D eigenvalue weighted by molar-refractivity contribution is 6.07. The minimum Gasteiger partial charge on any atom is -0.488 e. The zero-order valence-electron chi connectivity index (χ0n) is 20.3. The number of fused-ring (bicyclic) bond motifs is 3. The summed E-state index contributed by atoms with van der Waals surface area (Å²) in [6.45, 7) is 4.48. The lowest BCUT2D eigenvalue weighted by Crippen LogP contribution is -2.44. The first kappa shape index (κ1) is 22.7. The monoisotopic (exact) mass is 487 g/mol. The summed E-state index contributed by atoms with van der Waals surface area (Å²) >= 11 is 0. The minimum absolute atomic E-state index is 0.0195. The molecule has 2 aliphatic rings. The normalized spacial score (nSPS) is 19.1. The van der Waals surface area contributed by atoms with Crippen molar-refractivity contribution in [2.45, 2.75) is 44.8 Å². The summed E-state index contributed by atoms with van der Waals surface area (Å²) < 4.78 is 13.6. The number of amides is 1. The Labute approximate surface area is 208 Å². The van der Waals surface area contributed by atoms with Gasteiger partial charge < -0.3 is 19.4 Å². The standard InChI is InChI=1S/C27H29N5O4/c1-17-13-24-22(25-23(26(33)30-24)15-29-32(25)18-6-11-35-12-7-18)14-21(17)27(34)31-10-2-3-20(16-31)36-19-4-8-28-9-5-19/h4-5,8-9,13-15,18,20H,2-3,6-7,10-12,16H2,1H3,(H,30,33). The second-order valence-corrected chi connectivity index (χ2v) is 9.68. The molecule has 0 bridgehead atoms. The maximum atomic E-state index is 13.7. The molecule has 0 spiro atoms. The molecular weight excluding hydrogens is 458 g/mol. The number of aryl methyl sites for hydroxylation is 1. The van der Waals surface area contributed by atoms with Crippen LogP contribution in [0.2, 0.25) is 0 Å². The lowest BCUT2D eigenvalue weighted by molar-refractivity contribution is 0.0537. The van der Waals surface area contributed by atoms with Crippen LogP contribution in [0.4, 0.5) is 0 Å². The van der Waals surface area contributed by atoms with Crippen molar-refractivity contribution in [1.29, 1.82) is 0 Å². The van der Waals surface area contributed by atoms with Gasteiger partial charge in [0.25, 0.3) is 11.5 Å². The number of H-pyrrole nitrogens is 1. The van der Waals surface area contributed by atoms with E-state index in [9.17, 15) is 9.59 Å². The molecule has 2 saturated heterocycles. The van der Waals surface area contributed by atoms with Crippen LogP contribution in [0.25, 0.3) is 21.8 Å². The second-order valence-electron chi connectivity index (χ2n) is 9.68. The first-order valence-corrected chi connectivity index (χ1v) is 12.6. The number of likely N-dealkylation sites (tertiary alicyclic amines) is 1. The number of hydrogen-bond donors (Lipinski definition) is 1. The summed E-state index contributed by atoms with van der Waals surface area (Å²) in [5.74, 6) is 0.743. The summed E-state index contributed by atoms with van der Waals surface area (Å²) in [6.07, 6.45) is 8.44. The van der Waals surface area contributed by atoms with Crippen molar-refractivity contribution < 1.29 is 14.3 Å². The number of nitrogens with zero attached hydrogens (tertiary/aromatic N) is 4. The van der Waals surface area contributed by atoms with Crippen LogP contribution in [0, 0.1) is 6.92 Å². The van der Waals surface area contributed by atoms with Crippen molar-refractivity contribution in [2.75, 3.05) is 26.3 Å². The van der Waals surface area contributed by atoms with Gasteiger partial charge in [-0.15, -0.1) is 0 Å². The van der Waals surface area contributed by atoms with Gasteiger partial charge in [-0.2, -0.15) is 5.10 Å². The van der Waals surface area contributed by atoms with Gasteiger partial charge in [-0.25, -0.2) is 0 Å². The molecule has 3 aromatic heterocycles. The molecule has 1 aromatic carbocycles. The molecule has 4 aromatic rings. The van der Waals surface area contributed by atoms with E-state index in [1.54, 1.807) is 18.6 Å². The summed E-state index contributed by atoms with van der Waals surface area (Å²) in [4.78, 5) is 35.5. The molecule has 0 radical (unpaired) electrons. The van der Waals surface area contributed by atoms with E-state index in [1.807, 2.05) is 40.8 Å². The number of carbonyl (C=O) groups is 1. The van der Waals surface area contributed by atoms with E-state index in [-0.39, 0.29) is 23.6 Å². The number of aromatic nitrogens is 4. The molecule has 1 amide bonds. The maximum Gasteiger partial charge on any atom is 0.259 e. The average Bonchev–Trinajstić information content (AvgIpc) is 3.36. The van der Waals surface area contributed by atoms with E-state index < -0.39 is 0 Å². The molecule has 36 heavy (non-hydrogen) atoms. The Morgan fingerprint density at radius 3 is 2.75 bits per heavy atom.